The van der Waals surface area contributed by atoms with Gasteiger partial charge in [-0.1, -0.05) is 96.1 Å². The maximum Gasteiger partial charge on any atom is 1.00 e. The van der Waals surface area contributed by atoms with Crippen LogP contribution in [-0.2, 0) is 29.2 Å². The topological polar surface area (TPSA) is 110 Å². The van der Waals surface area contributed by atoms with Gasteiger partial charge in [0.05, 0.1) is 13.0 Å². The molecule has 182 valence electrons. The van der Waals surface area contributed by atoms with Crippen LogP contribution in [0.25, 0.3) is 0 Å². The Labute approximate surface area is 217 Å². The normalized spacial score (nSPS) is 12.3. The Kier molecular flexibility index (Phi) is 23.6. The van der Waals surface area contributed by atoms with Crippen molar-refractivity contribution in [3.63, 3.8) is 0 Å². The molecule has 0 radical (unpaired) electrons. The molecule has 0 aromatic rings. The van der Waals surface area contributed by atoms with E-state index >= 15 is 0 Å². The summed E-state index contributed by atoms with van der Waals surface area (Å²) in [4.78, 5) is 23.6. The average Bonchev–Trinajstić information content (AvgIpc) is 2.71. The van der Waals surface area contributed by atoms with E-state index < -0.39 is 33.7 Å². The summed E-state index contributed by atoms with van der Waals surface area (Å²) < 4.78 is 43.6. The number of carbonyl (C=O) groups is 2. The van der Waals surface area contributed by atoms with Gasteiger partial charge in [-0.3, -0.25) is 9.59 Å². The van der Waals surface area contributed by atoms with Gasteiger partial charge in [-0.05, 0) is 13.3 Å². The summed E-state index contributed by atoms with van der Waals surface area (Å²) >= 11 is 0. The fourth-order valence-corrected chi connectivity index (χ4v) is 3.78. The summed E-state index contributed by atoms with van der Waals surface area (Å²) in [6.45, 7) is 3.95. The average molecular weight is 485 g/mol. The second-order valence-electron chi connectivity index (χ2n) is 7.85. The molecule has 0 spiro atoms. The Hall–Kier alpha value is -0.410. The van der Waals surface area contributed by atoms with Gasteiger partial charge in [0.2, 0.25) is 0 Å². The molecule has 0 fully saturated rings. The molecule has 0 aromatic carbocycles. The van der Waals surface area contributed by atoms with Gasteiger partial charge in [0, 0.05) is 0 Å². The van der Waals surface area contributed by atoms with Crippen molar-refractivity contribution < 1.29 is 61.6 Å². The number of ether oxygens (including phenoxy) is 2. The summed E-state index contributed by atoms with van der Waals surface area (Å²) in [7, 11) is -5.00. The van der Waals surface area contributed by atoms with Gasteiger partial charge in [0.1, 0.15) is 16.7 Å². The Bertz CT molecular complexity index is 605. The minimum absolute atomic E-state index is 0. The molecule has 1 unspecified atom stereocenters. The van der Waals surface area contributed by atoms with Crippen LogP contribution in [0.3, 0.4) is 0 Å². The number of carbonyl (C=O) groups excluding carboxylic acids is 2. The number of hydrogen-bond acceptors (Lipinski definition) is 7. The molecule has 0 saturated carbocycles. The summed E-state index contributed by atoms with van der Waals surface area (Å²) in [5.74, 6) is -2.11. The van der Waals surface area contributed by atoms with Crippen LogP contribution in [0.15, 0.2) is 12.2 Å². The smallest absolute Gasteiger partial charge is 0.747 e. The van der Waals surface area contributed by atoms with Gasteiger partial charge >= 0.3 is 41.5 Å². The molecule has 0 aliphatic carbocycles. The first kappa shape index (κ1) is 33.8. The fraction of sp³-hybridized carbons (Fsp3) is 0.826. The third-order valence-corrected chi connectivity index (χ3v) is 6.09. The standard InChI is InChI=1S/C23H42O7S.Na/c1-3-5-7-8-9-10-11-12-13-14-15-16-17-19-30-23(25)21(31(26,27)28)20-22(24)29-18-6-4-2;/h4,6,21H,3,5,7-20H2,1-2H3,(H,26,27,28);/q;+1/p-1/b6-4+;. The minimum Gasteiger partial charge on any atom is -0.747 e. The molecule has 0 saturated heterocycles. The van der Waals surface area contributed by atoms with Crippen LogP contribution in [0, 0.1) is 0 Å². The summed E-state index contributed by atoms with van der Waals surface area (Å²) in [6.07, 6.45) is 17.7. The molecule has 0 heterocycles. The zero-order chi connectivity index (χ0) is 23.4. The molecule has 0 aliphatic rings. The maximum atomic E-state index is 12.0. The molecule has 32 heavy (non-hydrogen) atoms. The van der Waals surface area contributed by atoms with Gasteiger partial charge < -0.3 is 14.0 Å². The van der Waals surface area contributed by atoms with Crippen molar-refractivity contribution >= 4 is 22.1 Å². The van der Waals surface area contributed by atoms with Crippen molar-refractivity contribution in [2.75, 3.05) is 13.2 Å². The van der Waals surface area contributed by atoms with Crippen molar-refractivity contribution in [3.05, 3.63) is 12.2 Å². The first-order valence-corrected chi connectivity index (χ1v) is 13.2. The Morgan fingerprint density at radius 3 is 1.75 bits per heavy atom. The van der Waals surface area contributed by atoms with Crippen LogP contribution in [0.4, 0.5) is 0 Å². The molecule has 0 amide bonds. The van der Waals surface area contributed by atoms with E-state index in [4.69, 9.17) is 9.47 Å². The molecule has 1 atom stereocenters. The van der Waals surface area contributed by atoms with Gasteiger partial charge in [-0.15, -0.1) is 0 Å². The summed E-state index contributed by atoms with van der Waals surface area (Å²) in [6, 6.07) is 0. The Morgan fingerprint density at radius 1 is 0.844 bits per heavy atom. The van der Waals surface area contributed by atoms with E-state index in [1.165, 1.54) is 57.8 Å². The molecule has 0 rings (SSSR count). The van der Waals surface area contributed by atoms with Crippen LogP contribution >= 0.6 is 0 Å². The van der Waals surface area contributed by atoms with E-state index in [1.807, 2.05) is 0 Å². The number of hydrogen-bond donors (Lipinski definition) is 0. The van der Waals surface area contributed by atoms with E-state index in [0.717, 1.165) is 19.3 Å². The van der Waals surface area contributed by atoms with Crippen molar-refractivity contribution in [3.8, 4) is 0 Å². The minimum atomic E-state index is -5.00. The monoisotopic (exact) mass is 484 g/mol. The van der Waals surface area contributed by atoms with E-state index in [0.29, 0.717) is 6.42 Å². The second kappa shape index (κ2) is 22.4. The quantitative estimate of drug-likeness (QED) is 0.0855. The molecular weight excluding hydrogens is 443 g/mol. The van der Waals surface area contributed by atoms with Crippen LogP contribution in [0.1, 0.15) is 104 Å². The summed E-state index contributed by atoms with van der Waals surface area (Å²) in [5, 5.41) is -2.06. The molecule has 7 nitrogen and oxygen atoms in total. The van der Waals surface area contributed by atoms with Gasteiger partial charge in [-0.25, -0.2) is 8.42 Å². The SMILES string of the molecule is C/C=C/COC(=O)CC(C(=O)OCCCCCCCCCCCCCCC)S(=O)(=O)[O-].[Na+]. The van der Waals surface area contributed by atoms with E-state index in [-0.39, 0.29) is 42.8 Å². The van der Waals surface area contributed by atoms with Crippen LogP contribution in [0.2, 0.25) is 0 Å². The van der Waals surface area contributed by atoms with Crippen LogP contribution in [0.5, 0.6) is 0 Å². The number of allylic oxidation sites excluding steroid dienone is 1. The zero-order valence-corrected chi connectivity index (χ0v) is 23.1. The predicted molar refractivity (Wildman–Crippen MR) is 121 cm³/mol. The van der Waals surface area contributed by atoms with Crippen LogP contribution < -0.4 is 29.6 Å². The molecule has 9 heteroatoms. The zero-order valence-electron chi connectivity index (χ0n) is 20.3. The first-order chi connectivity index (χ1) is 14.8. The third-order valence-electron chi connectivity index (χ3n) is 5.03. The van der Waals surface area contributed by atoms with E-state index in [1.54, 1.807) is 19.1 Å². The van der Waals surface area contributed by atoms with Crippen molar-refractivity contribution in [1.82, 2.24) is 0 Å². The Morgan fingerprint density at radius 2 is 1.31 bits per heavy atom. The largest absolute Gasteiger partial charge is 1.00 e. The fourth-order valence-electron chi connectivity index (χ4n) is 3.14. The van der Waals surface area contributed by atoms with Gasteiger partial charge in [0.15, 0.2) is 5.25 Å². The van der Waals surface area contributed by atoms with Crippen LogP contribution in [-0.4, -0.2) is 43.4 Å². The van der Waals surface area contributed by atoms with E-state index in [2.05, 4.69) is 6.92 Å². The van der Waals surface area contributed by atoms with Crippen molar-refractivity contribution in [2.24, 2.45) is 0 Å². The van der Waals surface area contributed by atoms with Gasteiger partial charge in [0.25, 0.3) is 0 Å². The molecular formula is C23H41NaO7S. The molecule has 0 N–H and O–H groups in total. The Balaban J connectivity index is 0. The van der Waals surface area contributed by atoms with Gasteiger partial charge in [-0.2, -0.15) is 0 Å². The number of esters is 2. The number of unbranched alkanes of at least 4 members (excludes halogenated alkanes) is 12. The third kappa shape index (κ3) is 20.2. The predicted octanol–water partition coefficient (Wildman–Crippen LogP) is 2.05. The second-order valence-corrected chi connectivity index (χ2v) is 9.40. The molecule has 0 aliphatic heterocycles. The molecule has 0 aromatic heterocycles. The maximum absolute atomic E-state index is 12.0. The molecule has 0 bridgehead atoms. The number of rotatable bonds is 20. The van der Waals surface area contributed by atoms with E-state index in [9.17, 15) is 22.6 Å². The van der Waals surface area contributed by atoms with Crippen molar-refractivity contribution in [2.45, 2.75) is 109 Å². The van der Waals surface area contributed by atoms with Crippen molar-refractivity contribution in [1.29, 1.82) is 0 Å². The summed E-state index contributed by atoms with van der Waals surface area (Å²) in [5.41, 5.74) is 0. The first-order valence-electron chi connectivity index (χ1n) is 11.7.